The standard InChI is InChI=1S/C14H23N3O2/c1-4-10(2)17-14(18)7-8-16-13-6-5-11(19-3)9-12(13)15/h5-6,9-10,16H,4,7-8,15H2,1-3H3,(H,17,18). The molecule has 0 aliphatic heterocycles. The number of hydrogen-bond donors (Lipinski definition) is 3. The van der Waals surface area contributed by atoms with Crippen molar-refractivity contribution in [1.29, 1.82) is 0 Å². The van der Waals surface area contributed by atoms with E-state index in [1.54, 1.807) is 13.2 Å². The summed E-state index contributed by atoms with van der Waals surface area (Å²) in [4.78, 5) is 11.6. The number of rotatable bonds is 7. The zero-order valence-electron chi connectivity index (χ0n) is 11.8. The van der Waals surface area contributed by atoms with E-state index in [-0.39, 0.29) is 11.9 Å². The lowest BCUT2D eigenvalue weighted by Gasteiger charge is -2.13. The monoisotopic (exact) mass is 265 g/mol. The minimum absolute atomic E-state index is 0.0499. The van der Waals surface area contributed by atoms with Crippen molar-refractivity contribution < 1.29 is 9.53 Å². The molecule has 0 aromatic heterocycles. The number of nitrogen functional groups attached to an aromatic ring is 1. The third-order valence-corrected chi connectivity index (χ3v) is 2.95. The van der Waals surface area contributed by atoms with Gasteiger partial charge < -0.3 is 21.1 Å². The van der Waals surface area contributed by atoms with E-state index < -0.39 is 0 Å². The van der Waals surface area contributed by atoms with Crippen LogP contribution >= 0.6 is 0 Å². The van der Waals surface area contributed by atoms with E-state index in [2.05, 4.69) is 10.6 Å². The first-order valence-electron chi connectivity index (χ1n) is 6.53. The summed E-state index contributed by atoms with van der Waals surface area (Å²) in [5, 5.41) is 6.06. The zero-order valence-corrected chi connectivity index (χ0v) is 11.8. The van der Waals surface area contributed by atoms with Crippen molar-refractivity contribution >= 4 is 17.3 Å². The molecule has 5 nitrogen and oxygen atoms in total. The Morgan fingerprint density at radius 3 is 2.79 bits per heavy atom. The minimum Gasteiger partial charge on any atom is -0.497 e. The van der Waals surface area contributed by atoms with Gasteiger partial charge in [0.2, 0.25) is 5.91 Å². The number of carbonyl (C=O) groups excluding carboxylic acids is 1. The van der Waals surface area contributed by atoms with Crippen molar-refractivity contribution in [2.45, 2.75) is 32.7 Å². The SMILES string of the molecule is CCC(C)NC(=O)CCNc1ccc(OC)cc1N. The number of nitrogens with one attached hydrogen (secondary N) is 2. The van der Waals surface area contributed by atoms with Crippen LogP contribution in [0, 0.1) is 0 Å². The predicted octanol–water partition coefficient (Wildman–Crippen LogP) is 1.99. The molecule has 0 radical (unpaired) electrons. The predicted molar refractivity (Wildman–Crippen MR) is 78.4 cm³/mol. The second-order valence-corrected chi connectivity index (χ2v) is 4.51. The summed E-state index contributed by atoms with van der Waals surface area (Å²) < 4.78 is 5.08. The minimum atomic E-state index is 0.0499. The van der Waals surface area contributed by atoms with Gasteiger partial charge >= 0.3 is 0 Å². The molecule has 19 heavy (non-hydrogen) atoms. The number of benzene rings is 1. The van der Waals surface area contributed by atoms with Gasteiger partial charge in [-0.1, -0.05) is 6.92 Å². The summed E-state index contributed by atoms with van der Waals surface area (Å²) >= 11 is 0. The summed E-state index contributed by atoms with van der Waals surface area (Å²) in [6, 6.07) is 5.65. The molecule has 0 spiro atoms. The van der Waals surface area contributed by atoms with Crippen LogP contribution in [0.3, 0.4) is 0 Å². The Morgan fingerprint density at radius 1 is 1.47 bits per heavy atom. The van der Waals surface area contributed by atoms with Crippen LogP contribution in [-0.2, 0) is 4.79 Å². The van der Waals surface area contributed by atoms with Gasteiger partial charge in [0.05, 0.1) is 18.5 Å². The molecular weight excluding hydrogens is 242 g/mol. The maximum Gasteiger partial charge on any atom is 0.221 e. The first kappa shape index (κ1) is 15.1. The lowest BCUT2D eigenvalue weighted by molar-refractivity contribution is -0.121. The highest BCUT2D eigenvalue weighted by molar-refractivity contribution is 5.77. The molecule has 1 aromatic carbocycles. The second kappa shape index (κ2) is 7.51. The average molecular weight is 265 g/mol. The summed E-state index contributed by atoms with van der Waals surface area (Å²) in [5.74, 6) is 0.770. The van der Waals surface area contributed by atoms with Gasteiger partial charge in [-0.3, -0.25) is 4.79 Å². The Morgan fingerprint density at radius 2 is 2.21 bits per heavy atom. The molecule has 0 heterocycles. The molecule has 1 atom stereocenters. The van der Waals surface area contributed by atoms with Gasteiger partial charge in [0.1, 0.15) is 5.75 Å². The fourth-order valence-electron chi connectivity index (χ4n) is 1.59. The summed E-state index contributed by atoms with van der Waals surface area (Å²) in [6.07, 6.45) is 1.36. The van der Waals surface area contributed by atoms with Gasteiger partial charge in [0.15, 0.2) is 0 Å². The molecular formula is C14H23N3O2. The summed E-state index contributed by atoms with van der Waals surface area (Å²) in [5.41, 5.74) is 7.30. The Kier molecular flexibility index (Phi) is 5.99. The number of methoxy groups -OCH3 is 1. The average Bonchev–Trinajstić information content (AvgIpc) is 2.40. The first-order valence-corrected chi connectivity index (χ1v) is 6.53. The van der Waals surface area contributed by atoms with Crippen LogP contribution in [0.4, 0.5) is 11.4 Å². The Balaban J connectivity index is 2.39. The van der Waals surface area contributed by atoms with Crippen molar-refractivity contribution in [3.63, 3.8) is 0 Å². The van der Waals surface area contributed by atoms with Gasteiger partial charge in [0, 0.05) is 25.1 Å². The van der Waals surface area contributed by atoms with E-state index in [0.717, 1.165) is 17.9 Å². The number of ether oxygens (including phenoxy) is 1. The second-order valence-electron chi connectivity index (χ2n) is 4.51. The van der Waals surface area contributed by atoms with Crippen molar-refractivity contribution in [1.82, 2.24) is 5.32 Å². The van der Waals surface area contributed by atoms with Gasteiger partial charge in [-0.25, -0.2) is 0 Å². The Hall–Kier alpha value is -1.91. The third kappa shape index (κ3) is 5.07. The molecule has 0 bridgehead atoms. The third-order valence-electron chi connectivity index (χ3n) is 2.95. The smallest absolute Gasteiger partial charge is 0.221 e. The molecule has 0 aliphatic carbocycles. The maximum absolute atomic E-state index is 11.6. The fourth-order valence-corrected chi connectivity index (χ4v) is 1.59. The van der Waals surface area contributed by atoms with Crippen molar-refractivity contribution in [3.8, 4) is 5.75 Å². The van der Waals surface area contributed by atoms with Gasteiger partial charge in [-0.05, 0) is 25.5 Å². The molecule has 1 unspecified atom stereocenters. The van der Waals surface area contributed by atoms with Crippen LogP contribution in [0.1, 0.15) is 26.7 Å². The van der Waals surface area contributed by atoms with E-state index in [4.69, 9.17) is 10.5 Å². The lowest BCUT2D eigenvalue weighted by atomic mass is 10.2. The lowest BCUT2D eigenvalue weighted by Crippen LogP contribution is -2.32. The number of amides is 1. The van der Waals surface area contributed by atoms with Crippen molar-refractivity contribution in [2.24, 2.45) is 0 Å². The molecule has 106 valence electrons. The van der Waals surface area contributed by atoms with E-state index in [1.807, 2.05) is 26.0 Å². The van der Waals surface area contributed by atoms with Crippen LogP contribution < -0.4 is 21.1 Å². The van der Waals surface area contributed by atoms with Gasteiger partial charge in [0.25, 0.3) is 0 Å². The van der Waals surface area contributed by atoms with Crippen LogP contribution in [0.5, 0.6) is 5.75 Å². The van der Waals surface area contributed by atoms with Crippen LogP contribution in [0.15, 0.2) is 18.2 Å². The van der Waals surface area contributed by atoms with Gasteiger partial charge in [-0.15, -0.1) is 0 Å². The Labute approximate surface area is 114 Å². The number of nitrogens with two attached hydrogens (primary N) is 1. The molecule has 0 saturated carbocycles. The largest absolute Gasteiger partial charge is 0.497 e. The zero-order chi connectivity index (χ0) is 14.3. The molecule has 1 aromatic rings. The molecule has 1 amide bonds. The van der Waals surface area contributed by atoms with Crippen molar-refractivity contribution in [2.75, 3.05) is 24.7 Å². The van der Waals surface area contributed by atoms with E-state index >= 15 is 0 Å². The quantitative estimate of drug-likeness (QED) is 0.659. The molecule has 0 saturated heterocycles. The van der Waals surface area contributed by atoms with E-state index in [9.17, 15) is 4.79 Å². The van der Waals surface area contributed by atoms with E-state index in [0.29, 0.717) is 18.7 Å². The maximum atomic E-state index is 11.6. The number of carbonyl (C=O) groups is 1. The highest BCUT2D eigenvalue weighted by Crippen LogP contribution is 2.23. The first-order chi connectivity index (χ1) is 9.06. The molecule has 5 heteroatoms. The highest BCUT2D eigenvalue weighted by atomic mass is 16.5. The number of hydrogen-bond acceptors (Lipinski definition) is 4. The van der Waals surface area contributed by atoms with E-state index in [1.165, 1.54) is 0 Å². The molecule has 1 rings (SSSR count). The molecule has 0 aliphatic rings. The fraction of sp³-hybridized carbons (Fsp3) is 0.500. The van der Waals surface area contributed by atoms with Crippen LogP contribution in [0.25, 0.3) is 0 Å². The van der Waals surface area contributed by atoms with Crippen molar-refractivity contribution in [3.05, 3.63) is 18.2 Å². The summed E-state index contributed by atoms with van der Waals surface area (Å²) in [7, 11) is 1.60. The van der Waals surface area contributed by atoms with Gasteiger partial charge in [-0.2, -0.15) is 0 Å². The normalized spacial score (nSPS) is 11.7. The molecule has 0 fully saturated rings. The molecule has 4 N–H and O–H groups in total. The Bertz CT molecular complexity index is 421. The summed E-state index contributed by atoms with van der Waals surface area (Å²) in [6.45, 7) is 4.59. The topological polar surface area (TPSA) is 76.4 Å². The number of anilines is 2. The van der Waals surface area contributed by atoms with Crippen LogP contribution in [0.2, 0.25) is 0 Å². The highest BCUT2D eigenvalue weighted by Gasteiger charge is 2.06. The van der Waals surface area contributed by atoms with Crippen LogP contribution in [-0.4, -0.2) is 25.6 Å².